The highest BCUT2D eigenvalue weighted by molar-refractivity contribution is 7.87. The lowest BCUT2D eigenvalue weighted by atomic mass is 10.2. The Bertz CT molecular complexity index is 1120. The number of amides is 1. The number of anilines is 1. The molecule has 0 radical (unpaired) electrons. The summed E-state index contributed by atoms with van der Waals surface area (Å²) < 4.78 is 69.2. The number of nitrogens with zero attached hydrogens (tertiary/aromatic N) is 4. The van der Waals surface area contributed by atoms with Crippen molar-refractivity contribution in [2.24, 2.45) is 0 Å². The van der Waals surface area contributed by atoms with Gasteiger partial charge in [0.25, 0.3) is 0 Å². The summed E-state index contributed by atoms with van der Waals surface area (Å²) in [6.45, 7) is 6.58. The Kier molecular flexibility index (Phi) is 6.15. The Balaban J connectivity index is 1.72. The van der Waals surface area contributed by atoms with Crippen LogP contribution in [0.15, 0.2) is 24.4 Å². The van der Waals surface area contributed by atoms with Gasteiger partial charge in [0.2, 0.25) is 5.88 Å². The van der Waals surface area contributed by atoms with E-state index in [-0.39, 0.29) is 11.7 Å². The standard InChI is InChI=1S/C19H23F3N4O5S/c1-18(2,3)30-17(27)25(4)13-7-8-26(11-13)14-9-12-5-6-15(24-16(12)23-10-14)31-32(28,29)19(20,21)22/h5-6,9-10,13H,7-8,11H2,1-4H3/t13-/m1/s1. The highest BCUT2D eigenvalue weighted by Gasteiger charge is 2.48. The van der Waals surface area contributed by atoms with Crippen molar-refractivity contribution in [3.63, 3.8) is 0 Å². The van der Waals surface area contributed by atoms with Crippen molar-refractivity contribution >= 4 is 32.9 Å². The number of ether oxygens (including phenoxy) is 1. The first-order valence-corrected chi connectivity index (χ1v) is 11.1. The molecule has 32 heavy (non-hydrogen) atoms. The quantitative estimate of drug-likeness (QED) is 0.489. The smallest absolute Gasteiger partial charge is 0.444 e. The first-order chi connectivity index (χ1) is 14.7. The molecule has 0 unspecified atom stereocenters. The summed E-state index contributed by atoms with van der Waals surface area (Å²) in [5.74, 6) is -0.727. The van der Waals surface area contributed by atoms with Crippen LogP contribution in [0.3, 0.4) is 0 Å². The van der Waals surface area contributed by atoms with Crippen LogP contribution in [0.25, 0.3) is 11.0 Å². The predicted octanol–water partition coefficient (Wildman–Crippen LogP) is 3.30. The van der Waals surface area contributed by atoms with Gasteiger partial charge in [-0.3, -0.25) is 0 Å². The van der Waals surface area contributed by atoms with Crippen molar-refractivity contribution < 1.29 is 35.3 Å². The van der Waals surface area contributed by atoms with E-state index in [9.17, 15) is 26.4 Å². The Morgan fingerprint density at radius 2 is 1.94 bits per heavy atom. The molecule has 0 aromatic carbocycles. The molecule has 3 heterocycles. The second kappa shape index (κ2) is 8.26. The lowest BCUT2D eigenvalue weighted by molar-refractivity contribution is -0.0501. The molecule has 0 saturated carbocycles. The van der Waals surface area contributed by atoms with Crippen LogP contribution in [0.5, 0.6) is 5.88 Å². The van der Waals surface area contributed by atoms with E-state index in [1.54, 1.807) is 38.8 Å². The van der Waals surface area contributed by atoms with Gasteiger partial charge >= 0.3 is 21.7 Å². The third kappa shape index (κ3) is 5.31. The Morgan fingerprint density at radius 3 is 2.56 bits per heavy atom. The Labute approximate surface area is 183 Å². The second-order valence-corrected chi connectivity index (χ2v) is 9.89. The molecule has 0 N–H and O–H groups in total. The monoisotopic (exact) mass is 476 g/mol. The zero-order valence-electron chi connectivity index (χ0n) is 17.9. The van der Waals surface area contributed by atoms with E-state index in [1.807, 2.05) is 4.90 Å². The molecule has 1 aliphatic rings. The van der Waals surface area contributed by atoms with Crippen LogP contribution in [0.4, 0.5) is 23.7 Å². The maximum atomic E-state index is 12.5. The van der Waals surface area contributed by atoms with Crippen LogP contribution in [-0.4, -0.2) is 66.7 Å². The average Bonchev–Trinajstić information content (AvgIpc) is 3.14. The van der Waals surface area contributed by atoms with Crippen molar-refractivity contribution in [2.45, 2.75) is 44.3 Å². The maximum Gasteiger partial charge on any atom is 0.534 e. The molecule has 1 aliphatic heterocycles. The maximum absolute atomic E-state index is 12.5. The molecule has 2 aromatic heterocycles. The van der Waals surface area contributed by atoms with Crippen LogP contribution in [0.1, 0.15) is 27.2 Å². The van der Waals surface area contributed by atoms with Gasteiger partial charge in [-0.05, 0) is 39.3 Å². The number of hydrogen-bond acceptors (Lipinski definition) is 8. The minimum absolute atomic E-state index is 0.0326. The molecule has 13 heteroatoms. The van der Waals surface area contributed by atoms with E-state index >= 15 is 0 Å². The van der Waals surface area contributed by atoms with Gasteiger partial charge in [-0.25, -0.2) is 9.78 Å². The van der Waals surface area contributed by atoms with Gasteiger partial charge in [-0.15, -0.1) is 0 Å². The number of carbonyl (C=O) groups is 1. The molecule has 1 fully saturated rings. The molecular weight excluding hydrogens is 453 g/mol. The molecule has 1 saturated heterocycles. The number of fused-ring (bicyclic) bond motifs is 1. The first-order valence-electron chi connectivity index (χ1n) is 9.64. The van der Waals surface area contributed by atoms with E-state index in [2.05, 4.69) is 14.2 Å². The lowest BCUT2D eigenvalue weighted by Gasteiger charge is -2.28. The van der Waals surface area contributed by atoms with Gasteiger partial charge in [0.05, 0.1) is 17.9 Å². The van der Waals surface area contributed by atoms with Crippen molar-refractivity contribution in [3.8, 4) is 5.88 Å². The number of aromatic nitrogens is 2. The Morgan fingerprint density at radius 1 is 1.25 bits per heavy atom. The Hall–Kier alpha value is -2.83. The summed E-state index contributed by atoms with van der Waals surface area (Å²) in [5, 5.41) is 0.489. The van der Waals surface area contributed by atoms with E-state index in [0.29, 0.717) is 24.9 Å². The summed E-state index contributed by atoms with van der Waals surface area (Å²) in [6, 6.07) is 4.07. The van der Waals surface area contributed by atoms with Gasteiger partial charge in [0, 0.05) is 31.6 Å². The molecule has 0 aliphatic carbocycles. The average molecular weight is 476 g/mol. The van der Waals surface area contributed by atoms with E-state index in [1.165, 1.54) is 12.3 Å². The van der Waals surface area contributed by atoms with Crippen LogP contribution < -0.4 is 9.08 Å². The molecule has 176 valence electrons. The number of halogens is 3. The third-order valence-corrected chi connectivity index (χ3v) is 5.70. The number of pyridine rings is 2. The van der Waals surface area contributed by atoms with Crippen molar-refractivity contribution in [1.82, 2.24) is 14.9 Å². The van der Waals surface area contributed by atoms with E-state index < -0.39 is 33.2 Å². The normalized spacial score (nSPS) is 17.5. The van der Waals surface area contributed by atoms with Crippen LogP contribution >= 0.6 is 0 Å². The van der Waals surface area contributed by atoms with Gasteiger partial charge in [-0.1, -0.05) is 0 Å². The minimum atomic E-state index is -5.81. The van der Waals surface area contributed by atoms with Crippen LogP contribution in [-0.2, 0) is 14.9 Å². The fourth-order valence-electron chi connectivity index (χ4n) is 3.14. The highest BCUT2D eigenvalue weighted by Crippen LogP contribution is 2.29. The fraction of sp³-hybridized carbons (Fsp3) is 0.526. The van der Waals surface area contributed by atoms with E-state index in [0.717, 1.165) is 11.8 Å². The summed E-state index contributed by atoms with van der Waals surface area (Å²) in [7, 11) is -4.13. The number of likely N-dealkylation sites (N-methyl/N-ethyl adjacent to an activating group) is 1. The number of carbonyl (C=O) groups excluding carboxylic acids is 1. The van der Waals surface area contributed by atoms with Crippen molar-refractivity contribution in [3.05, 3.63) is 24.4 Å². The lowest BCUT2D eigenvalue weighted by Crippen LogP contribution is -2.42. The zero-order chi connectivity index (χ0) is 23.9. The summed E-state index contributed by atoms with van der Waals surface area (Å²) >= 11 is 0. The summed E-state index contributed by atoms with van der Waals surface area (Å²) in [5.41, 5.74) is -5.39. The zero-order valence-corrected chi connectivity index (χ0v) is 18.7. The molecule has 9 nitrogen and oxygen atoms in total. The predicted molar refractivity (Wildman–Crippen MR) is 110 cm³/mol. The van der Waals surface area contributed by atoms with Gasteiger partial charge in [-0.2, -0.15) is 26.6 Å². The van der Waals surface area contributed by atoms with E-state index in [4.69, 9.17) is 4.74 Å². The second-order valence-electron chi connectivity index (χ2n) is 8.35. The molecule has 2 aromatic rings. The first kappa shape index (κ1) is 23.8. The number of rotatable bonds is 4. The summed E-state index contributed by atoms with van der Waals surface area (Å²) in [6.07, 6.45) is 1.79. The topological polar surface area (TPSA) is 102 Å². The van der Waals surface area contributed by atoms with Crippen LogP contribution in [0.2, 0.25) is 0 Å². The molecule has 0 bridgehead atoms. The summed E-state index contributed by atoms with van der Waals surface area (Å²) in [4.78, 5) is 23.7. The molecule has 0 spiro atoms. The SMILES string of the molecule is CN(C(=O)OC(C)(C)C)[C@@H]1CCN(c2cnc3nc(OS(=O)(=O)C(F)(F)F)ccc3c2)C1. The molecule has 1 amide bonds. The third-order valence-electron chi connectivity index (χ3n) is 4.74. The van der Waals surface area contributed by atoms with Gasteiger partial charge in [0.15, 0.2) is 5.65 Å². The molecule has 1 atom stereocenters. The minimum Gasteiger partial charge on any atom is -0.444 e. The number of alkyl halides is 3. The molecule has 3 rings (SSSR count). The molecular formula is C19H23F3N4O5S. The van der Waals surface area contributed by atoms with Crippen molar-refractivity contribution in [1.29, 1.82) is 0 Å². The van der Waals surface area contributed by atoms with Crippen molar-refractivity contribution in [2.75, 3.05) is 25.0 Å². The van der Waals surface area contributed by atoms with Crippen LogP contribution in [0, 0.1) is 0 Å². The largest absolute Gasteiger partial charge is 0.534 e. The van der Waals surface area contributed by atoms with Gasteiger partial charge < -0.3 is 18.7 Å². The highest BCUT2D eigenvalue weighted by atomic mass is 32.2. The van der Waals surface area contributed by atoms with Gasteiger partial charge in [0.1, 0.15) is 5.60 Å². The fourth-order valence-corrected chi connectivity index (χ4v) is 3.55. The number of hydrogen-bond donors (Lipinski definition) is 0.